The number of nitrogen functional groups attached to an aromatic ring is 1. The van der Waals surface area contributed by atoms with Gasteiger partial charge in [-0.25, -0.2) is 9.37 Å². The summed E-state index contributed by atoms with van der Waals surface area (Å²) in [6, 6.07) is 4.22. The lowest BCUT2D eigenvalue weighted by atomic mass is 10.3. The maximum atomic E-state index is 13.7. The van der Waals surface area contributed by atoms with Crippen LogP contribution in [0, 0.1) is 5.82 Å². The highest BCUT2D eigenvalue weighted by Gasteiger charge is 2.09. The second-order valence-corrected chi connectivity index (χ2v) is 4.47. The number of anilines is 3. The van der Waals surface area contributed by atoms with Crippen LogP contribution in [0.1, 0.15) is 0 Å². The second-order valence-electron chi connectivity index (χ2n) is 4.04. The van der Waals surface area contributed by atoms with Gasteiger partial charge >= 0.3 is 0 Å². The summed E-state index contributed by atoms with van der Waals surface area (Å²) < 4.78 is 15.3. The van der Waals surface area contributed by atoms with E-state index in [4.69, 9.17) is 17.3 Å². The zero-order valence-corrected chi connectivity index (χ0v) is 11.3. The molecule has 0 bridgehead atoms. The third-order valence-corrected chi connectivity index (χ3v) is 2.79. The molecule has 3 N–H and O–H groups in total. The zero-order chi connectivity index (χ0) is 14.8. The third-order valence-electron chi connectivity index (χ3n) is 2.55. The Balaban J connectivity index is 1.95. The van der Waals surface area contributed by atoms with Gasteiger partial charge in [-0.2, -0.15) is 15.0 Å². The van der Waals surface area contributed by atoms with E-state index in [0.29, 0.717) is 5.02 Å². The van der Waals surface area contributed by atoms with Crippen molar-refractivity contribution in [3.05, 3.63) is 47.8 Å². The van der Waals surface area contributed by atoms with Gasteiger partial charge in [0.15, 0.2) is 0 Å². The molecular weight excluding hydrogens is 297 g/mol. The van der Waals surface area contributed by atoms with Gasteiger partial charge in [-0.15, -0.1) is 0 Å². The van der Waals surface area contributed by atoms with Crippen molar-refractivity contribution in [1.82, 2.24) is 24.5 Å². The molecule has 0 saturated heterocycles. The highest BCUT2D eigenvalue weighted by molar-refractivity contribution is 6.30. The summed E-state index contributed by atoms with van der Waals surface area (Å²) in [5, 5.41) is 3.03. The highest BCUT2D eigenvalue weighted by atomic mass is 35.5. The molecule has 9 heteroatoms. The maximum absolute atomic E-state index is 13.7. The summed E-state index contributed by atoms with van der Waals surface area (Å²) in [4.78, 5) is 15.9. The molecule has 0 amide bonds. The van der Waals surface area contributed by atoms with Gasteiger partial charge in [-0.3, -0.25) is 4.57 Å². The van der Waals surface area contributed by atoms with E-state index in [1.807, 2.05) is 0 Å². The van der Waals surface area contributed by atoms with E-state index in [-0.39, 0.29) is 23.5 Å². The molecule has 2 heterocycles. The summed E-state index contributed by atoms with van der Waals surface area (Å²) in [7, 11) is 0. The number of hydrogen-bond donors (Lipinski definition) is 2. The lowest BCUT2D eigenvalue weighted by Gasteiger charge is -2.08. The first-order valence-electron chi connectivity index (χ1n) is 5.84. The van der Waals surface area contributed by atoms with Crippen LogP contribution in [-0.4, -0.2) is 24.5 Å². The van der Waals surface area contributed by atoms with E-state index in [1.54, 1.807) is 23.0 Å². The van der Waals surface area contributed by atoms with E-state index in [2.05, 4.69) is 25.3 Å². The van der Waals surface area contributed by atoms with Gasteiger partial charge in [0.05, 0.1) is 5.69 Å². The van der Waals surface area contributed by atoms with Gasteiger partial charge < -0.3 is 11.1 Å². The SMILES string of the molecule is Nc1nc(Nc2ccc(Cl)cc2F)nc(-n2ccnc2)n1. The van der Waals surface area contributed by atoms with Gasteiger partial charge in [-0.1, -0.05) is 11.6 Å². The van der Waals surface area contributed by atoms with E-state index >= 15 is 0 Å². The Morgan fingerprint density at radius 3 is 2.81 bits per heavy atom. The van der Waals surface area contributed by atoms with Crippen molar-refractivity contribution in [1.29, 1.82) is 0 Å². The lowest BCUT2D eigenvalue weighted by Crippen LogP contribution is -2.08. The molecule has 3 rings (SSSR count). The number of benzene rings is 1. The minimum atomic E-state index is -0.523. The minimum Gasteiger partial charge on any atom is -0.368 e. The summed E-state index contributed by atoms with van der Waals surface area (Å²) in [6.07, 6.45) is 4.74. The Morgan fingerprint density at radius 1 is 1.24 bits per heavy atom. The Labute approximate surface area is 123 Å². The molecule has 1 aromatic carbocycles. The fourth-order valence-electron chi connectivity index (χ4n) is 1.64. The van der Waals surface area contributed by atoms with Crippen LogP contribution in [0.15, 0.2) is 36.9 Å². The maximum Gasteiger partial charge on any atom is 0.241 e. The molecule has 0 saturated carbocycles. The van der Waals surface area contributed by atoms with E-state index in [1.165, 1.54) is 18.5 Å². The van der Waals surface area contributed by atoms with Gasteiger partial charge in [0.2, 0.25) is 17.8 Å². The normalized spacial score (nSPS) is 10.6. The Kier molecular flexibility index (Phi) is 3.36. The van der Waals surface area contributed by atoms with Crippen molar-refractivity contribution in [2.45, 2.75) is 0 Å². The molecule has 0 aliphatic rings. The first-order valence-corrected chi connectivity index (χ1v) is 6.21. The molecule has 0 radical (unpaired) electrons. The molecule has 3 aromatic rings. The van der Waals surface area contributed by atoms with Crippen LogP contribution in [0.2, 0.25) is 5.02 Å². The fourth-order valence-corrected chi connectivity index (χ4v) is 1.80. The molecule has 0 atom stereocenters. The Bertz CT molecular complexity index is 775. The van der Waals surface area contributed by atoms with Crippen LogP contribution in [0.5, 0.6) is 0 Å². The number of hydrogen-bond acceptors (Lipinski definition) is 6. The summed E-state index contributed by atoms with van der Waals surface area (Å²) in [6.45, 7) is 0. The molecule has 0 fully saturated rings. The molecule has 106 valence electrons. The highest BCUT2D eigenvalue weighted by Crippen LogP contribution is 2.21. The van der Waals surface area contributed by atoms with Crippen LogP contribution in [0.25, 0.3) is 5.95 Å². The number of nitrogens with zero attached hydrogens (tertiary/aromatic N) is 5. The fraction of sp³-hybridized carbons (Fsp3) is 0. The zero-order valence-electron chi connectivity index (χ0n) is 10.5. The van der Waals surface area contributed by atoms with Crippen molar-refractivity contribution < 1.29 is 4.39 Å². The van der Waals surface area contributed by atoms with Crippen molar-refractivity contribution in [2.24, 2.45) is 0 Å². The van der Waals surface area contributed by atoms with E-state index in [0.717, 1.165) is 0 Å². The van der Waals surface area contributed by atoms with Crippen molar-refractivity contribution in [3.8, 4) is 5.95 Å². The smallest absolute Gasteiger partial charge is 0.241 e. The number of halogens is 2. The first-order chi connectivity index (χ1) is 10.1. The molecule has 0 unspecified atom stereocenters. The number of nitrogens with one attached hydrogen (secondary N) is 1. The predicted octanol–water partition coefficient (Wildman–Crippen LogP) is 2.18. The molecule has 0 aliphatic carbocycles. The number of nitrogens with two attached hydrogens (primary N) is 1. The van der Waals surface area contributed by atoms with Crippen LogP contribution in [-0.2, 0) is 0 Å². The standard InChI is InChI=1S/C12H9ClFN7/c13-7-1-2-9(8(14)5-7)17-11-18-10(15)19-12(20-11)21-4-3-16-6-21/h1-6H,(H3,15,17,18,19,20). The third kappa shape index (κ3) is 2.90. The molecule has 0 aliphatic heterocycles. The number of rotatable bonds is 3. The average Bonchev–Trinajstić information content (AvgIpc) is 2.95. The predicted molar refractivity (Wildman–Crippen MR) is 76.1 cm³/mol. The molecule has 21 heavy (non-hydrogen) atoms. The molecule has 7 nitrogen and oxygen atoms in total. The Hall–Kier alpha value is -2.74. The van der Waals surface area contributed by atoms with E-state index < -0.39 is 5.82 Å². The van der Waals surface area contributed by atoms with Gasteiger partial charge in [0, 0.05) is 17.4 Å². The van der Waals surface area contributed by atoms with Crippen LogP contribution >= 0.6 is 11.6 Å². The second kappa shape index (κ2) is 5.33. The largest absolute Gasteiger partial charge is 0.368 e. The van der Waals surface area contributed by atoms with Gasteiger partial charge in [0.25, 0.3) is 0 Å². The first kappa shape index (κ1) is 13.3. The summed E-state index contributed by atoms with van der Waals surface area (Å²) >= 11 is 5.70. The van der Waals surface area contributed by atoms with Crippen molar-refractivity contribution in [2.75, 3.05) is 11.1 Å². The van der Waals surface area contributed by atoms with Gasteiger partial charge in [0.1, 0.15) is 12.1 Å². The lowest BCUT2D eigenvalue weighted by molar-refractivity contribution is 0.631. The quantitative estimate of drug-likeness (QED) is 0.770. The monoisotopic (exact) mass is 305 g/mol. The average molecular weight is 306 g/mol. The number of imidazole rings is 1. The number of aromatic nitrogens is 5. The molecule has 0 spiro atoms. The van der Waals surface area contributed by atoms with Crippen LogP contribution in [0.3, 0.4) is 0 Å². The van der Waals surface area contributed by atoms with Crippen LogP contribution < -0.4 is 11.1 Å². The summed E-state index contributed by atoms with van der Waals surface area (Å²) in [5.41, 5.74) is 5.81. The van der Waals surface area contributed by atoms with Crippen molar-refractivity contribution >= 4 is 29.2 Å². The van der Waals surface area contributed by atoms with Crippen LogP contribution in [0.4, 0.5) is 22.0 Å². The summed E-state index contributed by atoms with van der Waals surface area (Å²) in [5.74, 6) is -0.125. The van der Waals surface area contributed by atoms with Gasteiger partial charge in [-0.05, 0) is 18.2 Å². The molecule has 2 aromatic heterocycles. The Morgan fingerprint density at radius 2 is 2.10 bits per heavy atom. The van der Waals surface area contributed by atoms with Crippen molar-refractivity contribution in [3.63, 3.8) is 0 Å². The molecular formula is C12H9ClFN7. The van der Waals surface area contributed by atoms with E-state index in [9.17, 15) is 4.39 Å². The topological polar surface area (TPSA) is 94.5 Å². The minimum absolute atomic E-state index is 0.00516.